The number of piperidine rings is 1. The first kappa shape index (κ1) is 14.9. The Hall–Kier alpha value is -0.970. The molecule has 0 N–H and O–H groups in total. The molecular formula is C17H27N3O. The van der Waals surface area contributed by atoms with E-state index in [0.717, 1.165) is 19.7 Å². The Bertz CT molecular complexity index is 439. The second-order valence-corrected chi connectivity index (χ2v) is 6.48. The lowest BCUT2D eigenvalue weighted by molar-refractivity contribution is 0.0230. The number of aromatic nitrogens is 1. The summed E-state index contributed by atoms with van der Waals surface area (Å²) in [5.74, 6) is 0. The van der Waals surface area contributed by atoms with Crippen LogP contribution in [0.1, 0.15) is 31.2 Å². The van der Waals surface area contributed by atoms with Crippen LogP contribution in [0.2, 0.25) is 0 Å². The lowest BCUT2D eigenvalue weighted by Gasteiger charge is -2.46. The maximum absolute atomic E-state index is 5.30. The predicted octanol–water partition coefficient (Wildman–Crippen LogP) is 2.16. The summed E-state index contributed by atoms with van der Waals surface area (Å²) in [6.07, 6.45) is 9.19. The molecule has 116 valence electrons. The number of ether oxygens (including phenoxy) is 1. The zero-order valence-electron chi connectivity index (χ0n) is 13.1. The molecule has 1 unspecified atom stereocenters. The number of pyridine rings is 1. The van der Waals surface area contributed by atoms with Gasteiger partial charge in [-0.25, -0.2) is 0 Å². The van der Waals surface area contributed by atoms with Gasteiger partial charge in [0.1, 0.15) is 0 Å². The highest BCUT2D eigenvalue weighted by atomic mass is 16.5. The third-order valence-corrected chi connectivity index (χ3v) is 5.07. The first-order valence-electron chi connectivity index (χ1n) is 8.18. The van der Waals surface area contributed by atoms with Crippen LogP contribution in [-0.4, -0.2) is 60.2 Å². The summed E-state index contributed by atoms with van der Waals surface area (Å²) in [4.78, 5) is 9.54. The summed E-state index contributed by atoms with van der Waals surface area (Å²) in [6.45, 7) is 6.62. The minimum atomic E-state index is 0.402. The average Bonchev–Trinajstić information content (AvgIpc) is 2.88. The molecule has 0 bridgehead atoms. The smallest absolute Gasteiger partial charge is 0.0589 e. The number of hydrogen-bond acceptors (Lipinski definition) is 4. The van der Waals surface area contributed by atoms with E-state index in [0.29, 0.717) is 5.54 Å². The Morgan fingerprint density at radius 2 is 2.14 bits per heavy atom. The van der Waals surface area contributed by atoms with Gasteiger partial charge in [-0.15, -0.1) is 0 Å². The summed E-state index contributed by atoms with van der Waals surface area (Å²) >= 11 is 0. The highest BCUT2D eigenvalue weighted by molar-refractivity contribution is 5.09. The minimum absolute atomic E-state index is 0.402. The van der Waals surface area contributed by atoms with E-state index in [4.69, 9.17) is 4.74 Å². The second-order valence-electron chi connectivity index (χ2n) is 6.48. The fourth-order valence-corrected chi connectivity index (χ4v) is 4.10. The van der Waals surface area contributed by atoms with E-state index in [1.165, 1.54) is 50.9 Å². The molecule has 4 nitrogen and oxygen atoms in total. The monoisotopic (exact) mass is 289 g/mol. The van der Waals surface area contributed by atoms with Crippen molar-refractivity contribution in [1.82, 2.24) is 14.8 Å². The van der Waals surface area contributed by atoms with E-state index < -0.39 is 0 Å². The Kier molecular flexibility index (Phi) is 4.88. The Labute approximate surface area is 128 Å². The third kappa shape index (κ3) is 3.44. The number of likely N-dealkylation sites (tertiary alicyclic amines) is 2. The molecule has 4 heteroatoms. The molecule has 1 atom stereocenters. The summed E-state index contributed by atoms with van der Waals surface area (Å²) in [7, 11) is 1.80. The number of rotatable bonds is 5. The van der Waals surface area contributed by atoms with Crippen LogP contribution >= 0.6 is 0 Å². The summed E-state index contributed by atoms with van der Waals surface area (Å²) < 4.78 is 5.30. The van der Waals surface area contributed by atoms with Gasteiger partial charge in [-0.05, 0) is 50.4 Å². The van der Waals surface area contributed by atoms with Crippen molar-refractivity contribution in [1.29, 1.82) is 0 Å². The van der Waals surface area contributed by atoms with E-state index in [-0.39, 0.29) is 0 Å². The van der Waals surface area contributed by atoms with Crippen molar-refractivity contribution >= 4 is 0 Å². The highest BCUT2D eigenvalue weighted by Crippen LogP contribution is 2.37. The molecule has 21 heavy (non-hydrogen) atoms. The van der Waals surface area contributed by atoms with Crippen LogP contribution in [0.15, 0.2) is 24.5 Å². The van der Waals surface area contributed by atoms with Crippen LogP contribution in [0, 0.1) is 0 Å². The van der Waals surface area contributed by atoms with Crippen LogP contribution in [0.4, 0.5) is 0 Å². The maximum Gasteiger partial charge on any atom is 0.0589 e. The van der Waals surface area contributed by atoms with Crippen molar-refractivity contribution in [2.45, 2.75) is 37.8 Å². The number of nitrogens with zero attached hydrogens (tertiary/aromatic N) is 3. The second kappa shape index (κ2) is 6.86. The summed E-state index contributed by atoms with van der Waals surface area (Å²) in [6, 6.07) is 4.22. The lowest BCUT2D eigenvalue weighted by atomic mass is 9.86. The largest absolute Gasteiger partial charge is 0.383 e. The molecule has 0 aromatic carbocycles. The molecule has 0 aliphatic carbocycles. The molecule has 2 saturated heterocycles. The van der Waals surface area contributed by atoms with Gasteiger partial charge in [0, 0.05) is 44.7 Å². The van der Waals surface area contributed by atoms with E-state index >= 15 is 0 Å². The van der Waals surface area contributed by atoms with Gasteiger partial charge in [0.2, 0.25) is 0 Å². The van der Waals surface area contributed by atoms with Gasteiger partial charge in [0.05, 0.1) is 6.61 Å². The molecule has 2 aliphatic heterocycles. The van der Waals surface area contributed by atoms with Crippen LogP contribution in [0.25, 0.3) is 0 Å². The van der Waals surface area contributed by atoms with Crippen molar-refractivity contribution in [3.05, 3.63) is 30.1 Å². The fraction of sp³-hybridized carbons (Fsp3) is 0.706. The number of methoxy groups -OCH3 is 1. The quantitative estimate of drug-likeness (QED) is 0.830. The maximum atomic E-state index is 5.30. The number of hydrogen-bond donors (Lipinski definition) is 0. The van der Waals surface area contributed by atoms with E-state index in [2.05, 4.69) is 20.9 Å². The summed E-state index contributed by atoms with van der Waals surface area (Å²) in [5, 5.41) is 0. The van der Waals surface area contributed by atoms with Gasteiger partial charge in [-0.1, -0.05) is 6.07 Å². The first-order chi connectivity index (χ1) is 10.3. The molecule has 3 heterocycles. The molecule has 3 rings (SSSR count). The minimum Gasteiger partial charge on any atom is -0.383 e. The molecule has 1 spiro atoms. The van der Waals surface area contributed by atoms with Gasteiger partial charge < -0.3 is 4.74 Å². The van der Waals surface area contributed by atoms with Gasteiger partial charge in [0.15, 0.2) is 0 Å². The van der Waals surface area contributed by atoms with Crippen molar-refractivity contribution in [3.63, 3.8) is 0 Å². The SMILES string of the molecule is COCCN1CCCC12CCCN(Cc1cccnc1)C2. The molecule has 2 fully saturated rings. The van der Waals surface area contributed by atoms with Crippen LogP contribution in [0.5, 0.6) is 0 Å². The van der Waals surface area contributed by atoms with E-state index in [1.54, 1.807) is 7.11 Å². The zero-order chi connectivity index (χ0) is 14.5. The van der Waals surface area contributed by atoms with Crippen LogP contribution < -0.4 is 0 Å². The van der Waals surface area contributed by atoms with Crippen molar-refractivity contribution in [2.24, 2.45) is 0 Å². The topological polar surface area (TPSA) is 28.6 Å². The zero-order valence-corrected chi connectivity index (χ0v) is 13.1. The van der Waals surface area contributed by atoms with Crippen molar-refractivity contribution < 1.29 is 4.74 Å². The van der Waals surface area contributed by atoms with Crippen LogP contribution in [-0.2, 0) is 11.3 Å². The van der Waals surface area contributed by atoms with Crippen LogP contribution in [0.3, 0.4) is 0 Å². The van der Waals surface area contributed by atoms with Gasteiger partial charge in [0.25, 0.3) is 0 Å². The Morgan fingerprint density at radius 3 is 2.90 bits per heavy atom. The fourth-order valence-electron chi connectivity index (χ4n) is 4.10. The van der Waals surface area contributed by atoms with E-state index in [1.807, 2.05) is 18.5 Å². The molecule has 2 aliphatic rings. The normalized spacial score (nSPS) is 27.5. The molecule has 0 radical (unpaired) electrons. The van der Waals surface area contributed by atoms with Gasteiger partial charge >= 0.3 is 0 Å². The summed E-state index contributed by atoms with van der Waals surface area (Å²) in [5.41, 5.74) is 1.73. The average molecular weight is 289 g/mol. The Balaban J connectivity index is 1.64. The van der Waals surface area contributed by atoms with Gasteiger partial charge in [-0.3, -0.25) is 14.8 Å². The van der Waals surface area contributed by atoms with E-state index in [9.17, 15) is 0 Å². The molecule has 0 saturated carbocycles. The first-order valence-corrected chi connectivity index (χ1v) is 8.18. The molecular weight excluding hydrogens is 262 g/mol. The molecule has 1 aromatic heterocycles. The standard InChI is InChI=1S/C17H27N3O/c1-21-12-11-20-10-4-7-17(20)6-3-9-19(15-17)14-16-5-2-8-18-13-16/h2,5,8,13H,3-4,6-7,9-12,14-15H2,1H3. The predicted molar refractivity (Wildman–Crippen MR) is 84.2 cm³/mol. The van der Waals surface area contributed by atoms with Gasteiger partial charge in [-0.2, -0.15) is 0 Å². The van der Waals surface area contributed by atoms with Crippen molar-refractivity contribution in [3.8, 4) is 0 Å². The third-order valence-electron chi connectivity index (χ3n) is 5.07. The molecule has 1 aromatic rings. The molecule has 0 amide bonds. The Morgan fingerprint density at radius 1 is 1.29 bits per heavy atom. The highest BCUT2D eigenvalue weighted by Gasteiger charge is 2.43. The lowest BCUT2D eigenvalue weighted by Crippen LogP contribution is -2.56. The van der Waals surface area contributed by atoms with Crippen molar-refractivity contribution in [2.75, 3.05) is 39.9 Å².